The Kier molecular flexibility index (Phi) is 3.88. The van der Waals surface area contributed by atoms with Crippen LogP contribution in [0.3, 0.4) is 0 Å². The van der Waals surface area contributed by atoms with Gasteiger partial charge in [-0.1, -0.05) is 0 Å². The van der Waals surface area contributed by atoms with E-state index in [2.05, 4.69) is 25.9 Å². The average molecular weight is 314 g/mol. The lowest BCUT2D eigenvalue weighted by Gasteiger charge is -2.08. The Labute approximate surface area is 112 Å². The van der Waals surface area contributed by atoms with Crippen molar-refractivity contribution in [3.8, 4) is 10.6 Å². The minimum absolute atomic E-state index is 0.122. The Balaban J connectivity index is 2.44. The molecule has 0 aromatic carbocycles. The van der Waals surface area contributed by atoms with Gasteiger partial charge in [-0.15, -0.1) is 11.3 Å². The van der Waals surface area contributed by atoms with Crippen LogP contribution in [-0.2, 0) is 0 Å². The largest absolute Gasteiger partial charge is 0.384 e. The summed E-state index contributed by atoms with van der Waals surface area (Å²) in [6, 6.07) is 3.88. The second-order valence-corrected chi connectivity index (χ2v) is 5.46. The van der Waals surface area contributed by atoms with Crippen molar-refractivity contribution in [2.45, 2.75) is 13.0 Å². The molecule has 2 rings (SSSR count). The van der Waals surface area contributed by atoms with E-state index in [1.165, 1.54) is 0 Å². The van der Waals surface area contributed by atoms with Crippen molar-refractivity contribution in [2.75, 3.05) is 6.54 Å². The van der Waals surface area contributed by atoms with Crippen molar-refractivity contribution in [1.29, 1.82) is 0 Å². The summed E-state index contributed by atoms with van der Waals surface area (Å²) in [6.07, 6.45) is -0.808. The molecule has 0 bridgehead atoms. The van der Waals surface area contributed by atoms with E-state index in [0.29, 0.717) is 5.82 Å². The lowest BCUT2D eigenvalue weighted by atomic mass is 10.2. The summed E-state index contributed by atoms with van der Waals surface area (Å²) in [4.78, 5) is 9.56. The highest BCUT2D eigenvalue weighted by atomic mass is 79.9. The van der Waals surface area contributed by atoms with Crippen LogP contribution in [0.5, 0.6) is 0 Å². The predicted octanol–water partition coefficient (Wildman–Crippen LogP) is 2.27. The van der Waals surface area contributed by atoms with Crippen molar-refractivity contribution in [3.63, 3.8) is 0 Å². The van der Waals surface area contributed by atoms with Crippen molar-refractivity contribution >= 4 is 27.3 Å². The number of thiophene rings is 1. The van der Waals surface area contributed by atoms with Crippen molar-refractivity contribution in [3.05, 3.63) is 33.5 Å². The fourth-order valence-corrected chi connectivity index (χ4v) is 2.81. The summed E-state index contributed by atoms with van der Waals surface area (Å²) >= 11 is 5.00. The summed E-state index contributed by atoms with van der Waals surface area (Å²) < 4.78 is 1.02. The Bertz CT molecular complexity index is 529. The fraction of sp³-hybridized carbons (Fsp3) is 0.273. The van der Waals surface area contributed by atoms with Crippen LogP contribution in [0.25, 0.3) is 10.6 Å². The van der Waals surface area contributed by atoms with Crippen LogP contribution in [-0.4, -0.2) is 21.6 Å². The molecule has 4 nitrogen and oxygen atoms in total. The van der Waals surface area contributed by atoms with Gasteiger partial charge < -0.3 is 10.8 Å². The number of aromatic nitrogens is 2. The third-order valence-corrected chi connectivity index (χ3v) is 3.93. The van der Waals surface area contributed by atoms with E-state index in [0.717, 1.165) is 20.7 Å². The minimum atomic E-state index is -0.808. The molecule has 0 aliphatic heterocycles. The molecule has 1 atom stereocenters. The third kappa shape index (κ3) is 2.90. The van der Waals surface area contributed by atoms with E-state index in [1.807, 2.05) is 24.4 Å². The Morgan fingerprint density at radius 1 is 1.47 bits per heavy atom. The van der Waals surface area contributed by atoms with Crippen LogP contribution >= 0.6 is 27.3 Å². The average Bonchev–Trinajstić information content (AvgIpc) is 2.74. The molecular formula is C11H12BrN3OS. The van der Waals surface area contributed by atoms with E-state index < -0.39 is 6.10 Å². The summed E-state index contributed by atoms with van der Waals surface area (Å²) in [5.74, 6) is 0.382. The van der Waals surface area contributed by atoms with Crippen LogP contribution in [0.2, 0.25) is 0 Å². The fourth-order valence-electron chi connectivity index (χ4n) is 1.42. The highest BCUT2D eigenvalue weighted by Gasteiger charge is 2.12. The van der Waals surface area contributed by atoms with Crippen molar-refractivity contribution in [1.82, 2.24) is 9.97 Å². The van der Waals surface area contributed by atoms with Crippen LogP contribution in [0.4, 0.5) is 0 Å². The monoisotopic (exact) mass is 313 g/mol. The molecule has 3 N–H and O–H groups in total. The van der Waals surface area contributed by atoms with Crippen LogP contribution in [0, 0.1) is 6.92 Å². The van der Waals surface area contributed by atoms with E-state index in [1.54, 1.807) is 11.3 Å². The number of aliphatic hydroxyl groups excluding tert-OH is 1. The molecule has 0 amide bonds. The Morgan fingerprint density at radius 2 is 2.24 bits per heavy atom. The number of rotatable bonds is 3. The predicted molar refractivity (Wildman–Crippen MR) is 71.8 cm³/mol. The van der Waals surface area contributed by atoms with E-state index in [9.17, 15) is 5.11 Å². The summed E-state index contributed by atoms with van der Waals surface area (Å²) in [6.45, 7) is 2.00. The zero-order valence-electron chi connectivity index (χ0n) is 9.22. The first-order chi connectivity index (χ1) is 8.10. The van der Waals surface area contributed by atoms with Gasteiger partial charge in [-0.25, -0.2) is 9.97 Å². The second kappa shape index (κ2) is 5.22. The zero-order valence-corrected chi connectivity index (χ0v) is 11.6. The highest BCUT2D eigenvalue weighted by Crippen LogP contribution is 2.29. The Hall–Kier alpha value is -0.820. The number of hydrogen-bond donors (Lipinski definition) is 2. The summed E-state index contributed by atoms with van der Waals surface area (Å²) in [7, 11) is 0. The van der Waals surface area contributed by atoms with Gasteiger partial charge in [0.15, 0.2) is 5.82 Å². The SMILES string of the molecule is Cc1cc(-c2cc(Br)cs2)nc(C(O)CN)n1. The molecule has 0 fully saturated rings. The molecule has 2 heterocycles. The van der Waals surface area contributed by atoms with Gasteiger partial charge >= 0.3 is 0 Å². The molecule has 0 radical (unpaired) electrons. The molecule has 0 spiro atoms. The van der Waals surface area contributed by atoms with E-state index >= 15 is 0 Å². The maximum absolute atomic E-state index is 9.67. The molecule has 2 aromatic heterocycles. The van der Waals surface area contributed by atoms with Gasteiger partial charge in [0.2, 0.25) is 0 Å². The van der Waals surface area contributed by atoms with Gasteiger partial charge in [-0.2, -0.15) is 0 Å². The van der Waals surface area contributed by atoms with Gasteiger partial charge in [-0.05, 0) is 35.0 Å². The first kappa shape index (κ1) is 12.6. The molecule has 6 heteroatoms. The molecule has 2 aromatic rings. The van der Waals surface area contributed by atoms with Gasteiger partial charge in [0.05, 0.1) is 10.6 Å². The standard InChI is InChI=1S/C11H12BrN3OS/c1-6-2-8(10-3-7(12)5-17-10)15-11(14-6)9(16)4-13/h2-3,5,9,16H,4,13H2,1H3. The number of halogens is 1. The smallest absolute Gasteiger partial charge is 0.159 e. The van der Waals surface area contributed by atoms with Crippen molar-refractivity contribution < 1.29 is 5.11 Å². The number of aryl methyl sites for hydroxylation is 1. The second-order valence-electron chi connectivity index (χ2n) is 3.63. The number of hydrogen-bond acceptors (Lipinski definition) is 5. The minimum Gasteiger partial charge on any atom is -0.384 e. The van der Waals surface area contributed by atoms with Crippen LogP contribution in [0.1, 0.15) is 17.6 Å². The van der Waals surface area contributed by atoms with Crippen molar-refractivity contribution in [2.24, 2.45) is 5.73 Å². The zero-order chi connectivity index (χ0) is 12.4. The first-order valence-electron chi connectivity index (χ1n) is 5.08. The molecule has 1 unspecified atom stereocenters. The number of nitrogens with zero attached hydrogens (tertiary/aromatic N) is 2. The molecular weight excluding hydrogens is 302 g/mol. The van der Waals surface area contributed by atoms with E-state index in [4.69, 9.17) is 5.73 Å². The first-order valence-corrected chi connectivity index (χ1v) is 6.75. The van der Waals surface area contributed by atoms with Crippen LogP contribution in [0.15, 0.2) is 22.0 Å². The summed E-state index contributed by atoms with van der Waals surface area (Å²) in [5.41, 5.74) is 7.05. The van der Waals surface area contributed by atoms with Crippen LogP contribution < -0.4 is 5.73 Å². The highest BCUT2D eigenvalue weighted by molar-refractivity contribution is 9.10. The summed E-state index contributed by atoms with van der Waals surface area (Å²) in [5, 5.41) is 11.7. The van der Waals surface area contributed by atoms with Gasteiger partial charge in [0, 0.05) is 22.1 Å². The normalized spacial score (nSPS) is 12.7. The van der Waals surface area contributed by atoms with Gasteiger partial charge in [0.25, 0.3) is 0 Å². The quantitative estimate of drug-likeness (QED) is 0.911. The molecule has 0 saturated carbocycles. The molecule has 0 saturated heterocycles. The third-order valence-electron chi connectivity index (χ3n) is 2.21. The molecule has 90 valence electrons. The maximum Gasteiger partial charge on any atom is 0.159 e. The lowest BCUT2D eigenvalue weighted by Crippen LogP contribution is -2.15. The maximum atomic E-state index is 9.67. The lowest BCUT2D eigenvalue weighted by molar-refractivity contribution is 0.176. The number of nitrogens with two attached hydrogens (primary N) is 1. The molecule has 0 aliphatic carbocycles. The number of aliphatic hydroxyl groups is 1. The topological polar surface area (TPSA) is 72.0 Å². The van der Waals surface area contributed by atoms with E-state index in [-0.39, 0.29) is 6.54 Å². The van der Waals surface area contributed by atoms with Gasteiger partial charge in [-0.3, -0.25) is 0 Å². The molecule has 17 heavy (non-hydrogen) atoms. The Morgan fingerprint density at radius 3 is 2.82 bits per heavy atom. The molecule has 0 aliphatic rings. The van der Waals surface area contributed by atoms with Gasteiger partial charge in [0.1, 0.15) is 6.10 Å².